The molecule has 1 rings (SSSR count). The first-order valence-corrected chi connectivity index (χ1v) is 4.52. The number of halogens is 3. The Morgan fingerprint density at radius 3 is 2.90 bits per heavy atom. The van der Waals surface area contributed by atoms with Gasteiger partial charge in [0.25, 0.3) is 0 Å². The number of rotatable bonds is 1. The highest BCUT2D eigenvalue weighted by Crippen LogP contribution is 2.23. The van der Waals surface area contributed by atoms with Crippen molar-refractivity contribution in [2.75, 3.05) is 4.43 Å². The normalized spacial score (nSPS) is 25.7. The summed E-state index contributed by atoms with van der Waals surface area (Å²) >= 11 is 2.06. The molecule has 0 aromatic heterocycles. The largest absolute Gasteiger partial charge is 0.242 e. The summed E-state index contributed by atoms with van der Waals surface area (Å²) in [5, 5.41) is 0. The zero-order valence-corrected chi connectivity index (χ0v) is 7.44. The molecule has 0 aromatic carbocycles. The molecule has 1 unspecified atom stereocenters. The molecule has 0 aromatic rings. The molecule has 0 heterocycles. The third-order valence-corrected chi connectivity index (χ3v) is 2.19. The molecule has 1 aliphatic carbocycles. The second-order valence-electron chi connectivity index (χ2n) is 2.14. The Labute approximate surface area is 72.1 Å². The molecule has 10 heavy (non-hydrogen) atoms. The Morgan fingerprint density at radius 1 is 1.70 bits per heavy atom. The van der Waals surface area contributed by atoms with Crippen LogP contribution in [0.5, 0.6) is 0 Å². The van der Waals surface area contributed by atoms with Crippen LogP contribution in [0.15, 0.2) is 23.6 Å². The molecule has 0 nitrogen and oxygen atoms in total. The van der Waals surface area contributed by atoms with Gasteiger partial charge in [0, 0.05) is 10.8 Å². The van der Waals surface area contributed by atoms with Gasteiger partial charge >= 0.3 is 0 Å². The quantitative estimate of drug-likeness (QED) is 0.499. The average Bonchev–Trinajstić information content (AvgIpc) is 1.88. The predicted molar refractivity (Wildman–Crippen MR) is 45.7 cm³/mol. The van der Waals surface area contributed by atoms with Crippen LogP contribution in [-0.2, 0) is 0 Å². The van der Waals surface area contributed by atoms with Crippen molar-refractivity contribution in [3.63, 3.8) is 0 Å². The second kappa shape index (κ2) is 3.46. The fourth-order valence-electron chi connectivity index (χ4n) is 0.798. The lowest BCUT2D eigenvalue weighted by atomic mass is 10.1. The molecule has 0 saturated carbocycles. The van der Waals surface area contributed by atoms with E-state index in [1.807, 2.05) is 0 Å². The zero-order valence-electron chi connectivity index (χ0n) is 5.28. The van der Waals surface area contributed by atoms with Crippen LogP contribution >= 0.6 is 22.6 Å². The minimum atomic E-state index is -1.12. The highest BCUT2D eigenvalue weighted by Gasteiger charge is 2.13. The van der Waals surface area contributed by atoms with Gasteiger partial charge in [-0.15, -0.1) is 0 Å². The van der Waals surface area contributed by atoms with Gasteiger partial charge in [-0.05, 0) is 11.6 Å². The standard InChI is InChI=1S/C7H7F2I/c8-6-2-1-5(4-10)7(9)3-6/h1-2,6H,3-4H2. The van der Waals surface area contributed by atoms with Crippen LogP contribution in [0.4, 0.5) is 8.78 Å². The Kier molecular flexibility index (Phi) is 2.82. The van der Waals surface area contributed by atoms with E-state index in [1.54, 1.807) is 0 Å². The Bertz CT molecular complexity index is 184. The van der Waals surface area contributed by atoms with Gasteiger partial charge in [0.15, 0.2) is 0 Å². The fourth-order valence-corrected chi connectivity index (χ4v) is 1.47. The smallest absolute Gasteiger partial charge is 0.125 e. The van der Waals surface area contributed by atoms with E-state index in [2.05, 4.69) is 22.6 Å². The summed E-state index contributed by atoms with van der Waals surface area (Å²) in [6, 6.07) is 0. The molecule has 0 radical (unpaired) electrons. The monoisotopic (exact) mass is 256 g/mol. The summed E-state index contributed by atoms with van der Waals surface area (Å²) in [6.45, 7) is 0. The summed E-state index contributed by atoms with van der Waals surface area (Å²) in [7, 11) is 0. The summed E-state index contributed by atoms with van der Waals surface area (Å²) in [6.07, 6.45) is 1.73. The fraction of sp³-hybridized carbons (Fsp3) is 0.429. The van der Waals surface area contributed by atoms with Gasteiger partial charge in [0.05, 0.1) is 0 Å². The average molecular weight is 256 g/mol. The molecule has 0 spiro atoms. The van der Waals surface area contributed by atoms with Crippen molar-refractivity contribution in [1.82, 2.24) is 0 Å². The minimum Gasteiger partial charge on any atom is -0.242 e. The number of hydrogen-bond donors (Lipinski definition) is 0. The van der Waals surface area contributed by atoms with Crippen LogP contribution in [0.25, 0.3) is 0 Å². The van der Waals surface area contributed by atoms with Crippen LogP contribution in [0, 0.1) is 0 Å². The lowest BCUT2D eigenvalue weighted by Crippen LogP contribution is -2.03. The van der Waals surface area contributed by atoms with Gasteiger partial charge in [0.2, 0.25) is 0 Å². The van der Waals surface area contributed by atoms with Crippen molar-refractivity contribution in [2.24, 2.45) is 0 Å². The highest BCUT2D eigenvalue weighted by atomic mass is 127. The zero-order chi connectivity index (χ0) is 7.56. The maximum absolute atomic E-state index is 12.7. The van der Waals surface area contributed by atoms with E-state index >= 15 is 0 Å². The SMILES string of the molecule is FC1=C(CI)C=CC(F)C1. The van der Waals surface area contributed by atoms with E-state index in [4.69, 9.17) is 0 Å². The maximum atomic E-state index is 12.7. The number of hydrogen-bond acceptors (Lipinski definition) is 0. The molecular weight excluding hydrogens is 249 g/mol. The first-order valence-electron chi connectivity index (χ1n) is 3.00. The molecule has 3 heteroatoms. The summed E-state index contributed by atoms with van der Waals surface area (Å²) in [4.78, 5) is 0. The first kappa shape index (κ1) is 8.17. The topological polar surface area (TPSA) is 0 Å². The lowest BCUT2D eigenvalue weighted by Gasteiger charge is -2.09. The molecular formula is C7H7F2I. The third kappa shape index (κ3) is 1.78. The Balaban J connectivity index is 2.73. The van der Waals surface area contributed by atoms with Gasteiger partial charge in [-0.2, -0.15) is 0 Å². The van der Waals surface area contributed by atoms with E-state index in [1.165, 1.54) is 12.2 Å². The van der Waals surface area contributed by atoms with Crippen molar-refractivity contribution in [1.29, 1.82) is 0 Å². The van der Waals surface area contributed by atoms with Crippen LogP contribution in [0.2, 0.25) is 0 Å². The van der Waals surface area contributed by atoms with Gasteiger partial charge in [-0.3, -0.25) is 0 Å². The van der Waals surface area contributed by atoms with Crippen LogP contribution in [0.3, 0.4) is 0 Å². The maximum Gasteiger partial charge on any atom is 0.125 e. The number of alkyl halides is 2. The molecule has 0 saturated heterocycles. The van der Waals surface area contributed by atoms with Crippen molar-refractivity contribution >= 4 is 22.6 Å². The van der Waals surface area contributed by atoms with Gasteiger partial charge < -0.3 is 0 Å². The molecule has 0 fully saturated rings. The summed E-state index contributed by atoms with van der Waals surface area (Å²) < 4.78 is 25.7. The molecule has 0 amide bonds. The molecule has 1 aliphatic rings. The van der Waals surface area contributed by atoms with Crippen LogP contribution < -0.4 is 0 Å². The molecule has 1 atom stereocenters. The van der Waals surface area contributed by atoms with Crippen LogP contribution in [0.1, 0.15) is 6.42 Å². The molecule has 0 N–H and O–H groups in total. The lowest BCUT2D eigenvalue weighted by molar-refractivity contribution is 0.367. The Hall–Kier alpha value is 0.0700. The summed E-state index contributed by atoms with van der Waals surface area (Å²) in [5.41, 5.74) is 0.620. The third-order valence-electron chi connectivity index (χ3n) is 1.37. The van der Waals surface area contributed by atoms with Crippen LogP contribution in [-0.4, -0.2) is 10.6 Å². The Morgan fingerprint density at radius 2 is 2.40 bits per heavy atom. The van der Waals surface area contributed by atoms with Crippen molar-refractivity contribution in [2.45, 2.75) is 12.6 Å². The second-order valence-corrected chi connectivity index (χ2v) is 2.91. The number of allylic oxidation sites excluding steroid dienone is 4. The van der Waals surface area contributed by atoms with Gasteiger partial charge in [-0.25, -0.2) is 8.78 Å². The van der Waals surface area contributed by atoms with Crippen molar-refractivity contribution in [3.05, 3.63) is 23.6 Å². The van der Waals surface area contributed by atoms with E-state index in [-0.39, 0.29) is 12.2 Å². The molecule has 0 aliphatic heterocycles. The predicted octanol–water partition coefficient (Wildman–Crippen LogP) is 2.94. The minimum absolute atomic E-state index is 0.0746. The van der Waals surface area contributed by atoms with E-state index in [0.717, 1.165) is 0 Å². The van der Waals surface area contributed by atoms with Gasteiger partial charge in [-0.1, -0.05) is 28.7 Å². The summed E-state index contributed by atoms with van der Waals surface area (Å²) in [5.74, 6) is -0.301. The first-order chi connectivity index (χ1) is 4.74. The van der Waals surface area contributed by atoms with Crippen molar-refractivity contribution in [3.8, 4) is 0 Å². The van der Waals surface area contributed by atoms with E-state index < -0.39 is 6.17 Å². The molecule has 0 bridgehead atoms. The van der Waals surface area contributed by atoms with E-state index in [9.17, 15) is 8.78 Å². The van der Waals surface area contributed by atoms with E-state index in [0.29, 0.717) is 10.0 Å². The molecule has 56 valence electrons. The van der Waals surface area contributed by atoms with Crippen molar-refractivity contribution < 1.29 is 8.78 Å². The highest BCUT2D eigenvalue weighted by molar-refractivity contribution is 14.1. The van der Waals surface area contributed by atoms with Gasteiger partial charge in [0.1, 0.15) is 12.0 Å².